The predicted molar refractivity (Wildman–Crippen MR) is 125 cm³/mol. The summed E-state index contributed by atoms with van der Waals surface area (Å²) in [6, 6.07) is 6.72. The molecule has 3 aliphatic rings. The van der Waals surface area contributed by atoms with Crippen LogP contribution in [-0.2, 0) is 16.6 Å². The van der Waals surface area contributed by atoms with Crippen LogP contribution in [0.25, 0.3) is 10.9 Å². The molecule has 3 fully saturated rings. The number of piperazine rings is 1. The highest BCUT2D eigenvalue weighted by Gasteiger charge is 2.33. The Kier molecular flexibility index (Phi) is 5.90. The van der Waals surface area contributed by atoms with Gasteiger partial charge >= 0.3 is 0 Å². The van der Waals surface area contributed by atoms with Crippen LogP contribution in [-0.4, -0.2) is 71.8 Å². The van der Waals surface area contributed by atoms with Gasteiger partial charge in [0.25, 0.3) is 0 Å². The van der Waals surface area contributed by atoms with Gasteiger partial charge in [-0.3, -0.25) is 24.5 Å². The maximum Gasteiger partial charge on any atom is 0.235 e. The van der Waals surface area contributed by atoms with Gasteiger partial charge in [0, 0.05) is 51.1 Å². The number of rotatable bonds is 4. The Bertz CT molecular complexity index is 1010. The third-order valence-electron chi connectivity index (χ3n) is 7.44. The van der Waals surface area contributed by atoms with E-state index in [2.05, 4.69) is 45.6 Å². The zero-order valence-corrected chi connectivity index (χ0v) is 19.1. The molecule has 8 nitrogen and oxygen atoms in total. The number of hydrogen-bond donors (Lipinski definition) is 2. The van der Waals surface area contributed by atoms with Crippen molar-refractivity contribution in [3.05, 3.63) is 23.9 Å². The molecule has 0 aliphatic carbocycles. The molecule has 0 saturated carbocycles. The maximum absolute atomic E-state index is 12.5. The zero-order valence-electron chi connectivity index (χ0n) is 19.1. The van der Waals surface area contributed by atoms with Crippen molar-refractivity contribution < 1.29 is 9.59 Å². The number of para-hydroxylation sites is 1. The molecule has 1 aromatic carbocycles. The first-order valence-corrected chi connectivity index (χ1v) is 12.0. The van der Waals surface area contributed by atoms with Crippen LogP contribution in [0.1, 0.15) is 44.2 Å². The molecule has 0 bridgehead atoms. The van der Waals surface area contributed by atoms with Crippen molar-refractivity contribution in [2.24, 2.45) is 13.0 Å². The van der Waals surface area contributed by atoms with Crippen molar-refractivity contribution in [3.8, 4) is 0 Å². The minimum atomic E-state index is -0.370. The van der Waals surface area contributed by atoms with Crippen LogP contribution >= 0.6 is 0 Å². The van der Waals surface area contributed by atoms with E-state index in [-0.39, 0.29) is 17.7 Å². The Balaban J connectivity index is 1.37. The van der Waals surface area contributed by atoms with Crippen molar-refractivity contribution in [1.82, 2.24) is 25.3 Å². The van der Waals surface area contributed by atoms with Gasteiger partial charge in [-0.15, -0.1) is 0 Å². The first kappa shape index (κ1) is 21.4. The number of amides is 2. The molecule has 4 heterocycles. The van der Waals surface area contributed by atoms with Crippen molar-refractivity contribution >= 4 is 28.4 Å². The van der Waals surface area contributed by atoms with E-state index >= 15 is 0 Å². The minimum Gasteiger partial charge on any atom is -0.365 e. The lowest BCUT2D eigenvalue weighted by atomic mass is 9.92. The fraction of sp³-hybridized carbons (Fsp3) is 0.625. The summed E-state index contributed by atoms with van der Waals surface area (Å²) in [5.74, 6) is 0.0207. The summed E-state index contributed by atoms with van der Waals surface area (Å²) in [6.07, 6.45) is 3.45. The smallest absolute Gasteiger partial charge is 0.235 e. The molecule has 0 spiro atoms. The van der Waals surface area contributed by atoms with Gasteiger partial charge in [-0.05, 0) is 51.3 Å². The van der Waals surface area contributed by atoms with Crippen LogP contribution in [0.15, 0.2) is 18.2 Å². The fourth-order valence-corrected chi connectivity index (χ4v) is 5.77. The van der Waals surface area contributed by atoms with Crippen LogP contribution in [0.2, 0.25) is 0 Å². The molecule has 2 amide bonds. The molecular formula is C24H34N6O2. The number of imide groups is 1. The first-order chi connectivity index (χ1) is 15.5. The number of fused-ring (bicyclic) bond motifs is 1. The summed E-state index contributed by atoms with van der Waals surface area (Å²) in [5.41, 5.74) is 3.04. The molecule has 8 heteroatoms. The van der Waals surface area contributed by atoms with Gasteiger partial charge in [0.05, 0.1) is 22.8 Å². The monoisotopic (exact) mass is 438 g/mol. The van der Waals surface area contributed by atoms with Crippen LogP contribution < -0.4 is 15.5 Å². The number of carbonyl (C=O) groups is 2. The molecule has 2 atom stereocenters. The van der Waals surface area contributed by atoms with Gasteiger partial charge < -0.3 is 10.2 Å². The Morgan fingerprint density at radius 1 is 1.12 bits per heavy atom. The number of anilines is 1. The van der Waals surface area contributed by atoms with E-state index in [4.69, 9.17) is 5.10 Å². The number of benzene rings is 1. The van der Waals surface area contributed by atoms with Crippen LogP contribution in [0.5, 0.6) is 0 Å². The van der Waals surface area contributed by atoms with Gasteiger partial charge in [0.2, 0.25) is 11.8 Å². The second-order valence-electron chi connectivity index (χ2n) is 9.68. The zero-order chi connectivity index (χ0) is 22.2. The maximum atomic E-state index is 12.5. The van der Waals surface area contributed by atoms with Gasteiger partial charge in [0.1, 0.15) is 0 Å². The molecule has 2 aromatic rings. The largest absolute Gasteiger partial charge is 0.365 e. The Labute approximate surface area is 189 Å². The second kappa shape index (κ2) is 8.83. The van der Waals surface area contributed by atoms with Gasteiger partial charge in [-0.2, -0.15) is 5.10 Å². The summed E-state index contributed by atoms with van der Waals surface area (Å²) in [4.78, 5) is 29.2. The summed E-state index contributed by atoms with van der Waals surface area (Å²) in [6.45, 7) is 8.95. The van der Waals surface area contributed by atoms with E-state index in [1.807, 2.05) is 11.7 Å². The topological polar surface area (TPSA) is 82.5 Å². The van der Waals surface area contributed by atoms with E-state index in [1.54, 1.807) is 0 Å². The van der Waals surface area contributed by atoms with E-state index in [1.165, 1.54) is 25.1 Å². The van der Waals surface area contributed by atoms with E-state index < -0.39 is 0 Å². The molecule has 3 saturated heterocycles. The van der Waals surface area contributed by atoms with Crippen LogP contribution in [0.4, 0.5) is 5.69 Å². The quantitative estimate of drug-likeness (QED) is 0.706. The SMILES string of the molecule is C[C@@H]1CN(CC2CCNCC2)CCN1c1cccc2c(C3CCC(=O)NC3=O)nn(C)c12. The Hall–Kier alpha value is -2.45. The first-order valence-electron chi connectivity index (χ1n) is 12.0. The number of aromatic nitrogens is 2. The molecule has 1 aromatic heterocycles. The Morgan fingerprint density at radius 2 is 1.94 bits per heavy atom. The highest BCUT2D eigenvalue weighted by Crippen LogP contribution is 2.36. The van der Waals surface area contributed by atoms with Crippen molar-refractivity contribution in [3.63, 3.8) is 0 Å². The predicted octanol–water partition coefficient (Wildman–Crippen LogP) is 1.60. The normalized spacial score (nSPS) is 26.0. The molecule has 2 N–H and O–H groups in total. The molecule has 172 valence electrons. The molecule has 32 heavy (non-hydrogen) atoms. The second-order valence-corrected chi connectivity index (χ2v) is 9.68. The summed E-state index contributed by atoms with van der Waals surface area (Å²) >= 11 is 0. The highest BCUT2D eigenvalue weighted by molar-refractivity contribution is 6.03. The summed E-state index contributed by atoms with van der Waals surface area (Å²) in [5, 5.41) is 11.7. The lowest BCUT2D eigenvalue weighted by Crippen LogP contribution is -2.53. The van der Waals surface area contributed by atoms with Crippen molar-refractivity contribution in [2.75, 3.05) is 44.2 Å². The molecule has 0 radical (unpaired) electrons. The molecular weight excluding hydrogens is 404 g/mol. The van der Waals surface area contributed by atoms with Crippen molar-refractivity contribution in [2.45, 2.75) is 44.6 Å². The number of carbonyl (C=O) groups excluding carboxylic acids is 2. The lowest BCUT2D eigenvalue weighted by molar-refractivity contribution is -0.134. The number of nitrogens with one attached hydrogen (secondary N) is 2. The van der Waals surface area contributed by atoms with Crippen LogP contribution in [0.3, 0.4) is 0 Å². The van der Waals surface area contributed by atoms with Crippen LogP contribution in [0, 0.1) is 5.92 Å². The number of piperidine rings is 2. The minimum absolute atomic E-state index is 0.191. The molecule has 3 aliphatic heterocycles. The van der Waals surface area contributed by atoms with E-state index in [0.29, 0.717) is 18.9 Å². The van der Waals surface area contributed by atoms with E-state index in [9.17, 15) is 9.59 Å². The van der Waals surface area contributed by atoms with Gasteiger partial charge in [-0.1, -0.05) is 12.1 Å². The van der Waals surface area contributed by atoms with Crippen molar-refractivity contribution in [1.29, 1.82) is 0 Å². The third-order valence-corrected chi connectivity index (χ3v) is 7.44. The lowest BCUT2D eigenvalue weighted by Gasteiger charge is -2.43. The van der Waals surface area contributed by atoms with E-state index in [0.717, 1.165) is 55.2 Å². The number of nitrogens with zero attached hydrogens (tertiary/aromatic N) is 4. The number of hydrogen-bond acceptors (Lipinski definition) is 6. The Morgan fingerprint density at radius 3 is 2.69 bits per heavy atom. The third kappa shape index (κ3) is 4.01. The molecule has 1 unspecified atom stereocenters. The van der Waals surface area contributed by atoms with Gasteiger partial charge in [0.15, 0.2) is 0 Å². The average Bonchev–Trinajstić information content (AvgIpc) is 3.11. The van der Waals surface area contributed by atoms with Gasteiger partial charge in [-0.25, -0.2) is 0 Å². The molecule has 5 rings (SSSR count). The average molecular weight is 439 g/mol. The standard InChI is InChI=1S/C24H34N6O2/c1-16-14-29(15-17-8-10-25-11-9-17)12-13-30(16)20-5-3-4-18-22(27-28(2)23(18)20)19-6-7-21(31)26-24(19)32/h3-5,16-17,19,25H,6-15H2,1-2H3,(H,26,31,32)/t16-,19?/m1/s1. The number of aryl methyl sites for hydroxylation is 1. The highest BCUT2D eigenvalue weighted by atomic mass is 16.2. The summed E-state index contributed by atoms with van der Waals surface area (Å²) < 4.78 is 1.91. The fourth-order valence-electron chi connectivity index (χ4n) is 5.77. The summed E-state index contributed by atoms with van der Waals surface area (Å²) in [7, 11) is 1.96.